The Morgan fingerprint density at radius 1 is 0.962 bits per heavy atom. The highest BCUT2D eigenvalue weighted by molar-refractivity contribution is 7.88. The lowest BCUT2D eigenvalue weighted by molar-refractivity contribution is 0.580. The first kappa shape index (κ1) is 18.9. The lowest BCUT2D eigenvalue weighted by atomic mass is 10.1. The predicted molar refractivity (Wildman–Crippen MR) is 104 cm³/mol. The molecule has 136 valence electrons. The zero-order chi connectivity index (χ0) is 18.6. The highest BCUT2D eigenvalue weighted by atomic mass is 35.5. The molecule has 3 aromatic rings. The van der Waals surface area contributed by atoms with Crippen molar-refractivity contribution < 1.29 is 8.42 Å². The molecule has 3 rings (SSSR count). The third-order valence-corrected chi connectivity index (χ3v) is 5.80. The molecule has 0 spiro atoms. The summed E-state index contributed by atoms with van der Waals surface area (Å²) in [5.41, 5.74) is 2.56. The number of benzene rings is 2. The molecular formula is C18H17Cl2N3O2S. The summed E-state index contributed by atoms with van der Waals surface area (Å²) in [6.45, 7) is 0.905. The van der Waals surface area contributed by atoms with Gasteiger partial charge < -0.3 is 0 Å². The topological polar surface area (TPSA) is 64.0 Å². The van der Waals surface area contributed by atoms with Crippen LogP contribution in [0.3, 0.4) is 0 Å². The fourth-order valence-electron chi connectivity index (χ4n) is 2.44. The number of nitrogens with one attached hydrogen (secondary N) is 1. The maximum atomic E-state index is 12.2. The van der Waals surface area contributed by atoms with Crippen LogP contribution in [0, 0.1) is 0 Å². The monoisotopic (exact) mass is 409 g/mol. The number of hydrogen-bond acceptors (Lipinski definition) is 3. The minimum Gasteiger partial charge on any atom is -0.268 e. The van der Waals surface area contributed by atoms with Gasteiger partial charge >= 0.3 is 0 Å². The molecule has 1 N–H and O–H groups in total. The molecular weight excluding hydrogens is 393 g/mol. The Hall–Kier alpha value is -1.86. The number of hydrogen-bond donors (Lipinski definition) is 1. The van der Waals surface area contributed by atoms with E-state index in [-0.39, 0.29) is 12.3 Å². The molecule has 0 saturated carbocycles. The van der Waals surface area contributed by atoms with Gasteiger partial charge in [0.05, 0.1) is 22.3 Å². The van der Waals surface area contributed by atoms with Gasteiger partial charge in [-0.3, -0.25) is 4.68 Å². The van der Waals surface area contributed by atoms with Gasteiger partial charge in [0.15, 0.2) is 0 Å². The van der Waals surface area contributed by atoms with Gasteiger partial charge in [0.25, 0.3) is 0 Å². The molecule has 0 aliphatic rings. The molecule has 0 unspecified atom stereocenters. The number of sulfonamides is 1. The second-order valence-corrected chi connectivity index (χ2v) is 8.47. The molecule has 2 aromatic carbocycles. The maximum absolute atomic E-state index is 12.2. The van der Waals surface area contributed by atoms with Gasteiger partial charge in [0.1, 0.15) is 0 Å². The van der Waals surface area contributed by atoms with Gasteiger partial charge in [-0.1, -0.05) is 53.5 Å². The van der Waals surface area contributed by atoms with Crippen LogP contribution in [0.2, 0.25) is 10.0 Å². The largest absolute Gasteiger partial charge is 0.268 e. The van der Waals surface area contributed by atoms with Crippen LogP contribution in [-0.2, 0) is 28.9 Å². The van der Waals surface area contributed by atoms with E-state index in [2.05, 4.69) is 9.82 Å². The molecule has 1 aromatic heterocycles. The van der Waals surface area contributed by atoms with Crippen molar-refractivity contribution in [1.29, 1.82) is 0 Å². The Kier molecular flexibility index (Phi) is 5.98. The molecule has 26 heavy (non-hydrogen) atoms. The van der Waals surface area contributed by atoms with Crippen molar-refractivity contribution in [3.63, 3.8) is 0 Å². The van der Waals surface area contributed by atoms with Crippen LogP contribution < -0.4 is 4.72 Å². The Morgan fingerprint density at radius 3 is 2.31 bits per heavy atom. The molecule has 0 saturated heterocycles. The summed E-state index contributed by atoms with van der Waals surface area (Å²) in [7, 11) is -3.48. The average Bonchev–Trinajstić information content (AvgIpc) is 3.10. The summed E-state index contributed by atoms with van der Waals surface area (Å²) in [4.78, 5) is 0. The Bertz CT molecular complexity index is 972. The summed E-state index contributed by atoms with van der Waals surface area (Å²) in [6.07, 6.45) is 3.63. The first-order valence-corrected chi connectivity index (χ1v) is 10.3. The van der Waals surface area contributed by atoms with Gasteiger partial charge in [-0.25, -0.2) is 13.1 Å². The minimum atomic E-state index is -3.48. The van der Waals surface area contributed by atoms with Gasteiger partial charge in [0.2, 0.25) is 10.0 Å². The Morgan fingerprint density at radius 2 is 1.65 bits per heavy atom. The van der Waals surface area contributed by atoms with Gasteiger partial charge in [-0.05, 0) is 34.9 Å². The van der Waals surface area contributed by atoms with Crippen molar-refractivity contribution in [2.45, 2.75) is 18.8 Å². The summed E-state index contributed by atoms with van der Waals surface area (Å²) < 4.78 is 28.9. The lowest BCUT2D eigenvalue weighted by Gasteiger charge is -2.09. The zero-order valence-electron chi connectivity index (χ0n) is 13.8. The fraction of sp³-hybridized carbons (Fsp3) is 0.167. The molecule has 0 bridgehead atoms. The van der Waals surface area contributed by atoms with E-state index in [1.807, 2.05) is 41.2 Å². The smallest absolute Gasteiger partial charge is 0.216 e. The molecule has 0 atom stereocenters. The van der Waals surface area contributed by atoms with Crippen LogP contribution in [0.15, 0.2) is 60.9 Å². The number of nitrogens with zero attached hydrogens (tertiary/aromatic N) is 2. The Balaban J connectivity index is 1.57. The van der Waals surface area contributed by atoms with Crippen molar-refractivity contribution in [2.24, 2.45) is 0 Å². The van der Waals surface area contributed by atoms with E-state index < -0.39 is 10.0 Å². The van der Waals surface area contributed by atoms with Crippen LogP contribution in [-0.4, -0.2) is 18.2 Å². The molecule has 5 nitrogen and oxygen atoms in total. The van der Waals surface area contributed by atoms with E-state index in [4.69, 9.17) is 23.2 Å². The zero-order valence-corrected chi connectivity index (χ0v) is 16.1. The highest BCUT2D eigenvalue weighted by Gasteiger charge is 2.12. The summed E-state index contributed by atoms with van der Waals surface area (Å²) in [5, 5.41) is 4.90. The summed E-state index contributed by atoms with van der Waals surface area (Å²) >= 11 is 11.8. The minimum absolute atomic E-state index is 0.152. The second-order valence-electron chi connectivity index (χ2n) is 5.85. The first-order valence-electron chi connectivity index (χ1n) is 7.88. The highest BCUT2D eigenvalue weighted by Crippen LogP contribution is 2.23. The van der Waals surface area contributed by atoms with Crippen LogP contribution in [0.25, 0.3) is 0 Å². The number of aromatic nitrogens is 2. The van der Waals surface area contributed by atoms with E-state index in [0.29, 0.717) is 22.2 Å². The normalized spacial score (nSPS) is 11.6. The molecule has 0 radical (unpaired) electrons. The van der Waals surface area contributed by atoms with Gasteiger partial charge in [-0.15, -0.1) is 0 Å². The quantitative estimate of drug-likeness (QED) is 0.644. The fourth-order valence-corrected chi connectivity index (χ4v) is 3.86. The second kappa shape index (κ2) is 8.22. The van der Waals surface area contributed by atoms with E-state index in [9.17, 15) is 8.42 Å². The average molecular weight is 410 g/mol. The van der Waals surface area contributed by atoms with E-state index in [1.54, 1.807) is 24.4 Å². The van der Waals surface area contributed by atoms with Crippen LogP contribution in [0.1, 0.15) is 16.7 Å². The van der Waals surface area contributed by atoms with Crippen LogP contribution >= 0.6 is 23.2 Å². The molecule has 0 amide bonds. The third-order valence-electron chi connectivity index (χ3n) is 3.76. The van der Waals surface area contributed by atoms with E-state index in [0.717, 1.165) is 11.1 Å². The van der Waals surface area contributed by atoms with Crippen LogP contribution in [0.5, 0.6) is 0 Å². The van der Waals surface area contributed by atoms with Crippen molar-refractivity contribution in [2.75, 3.05) is 0 Å². The molecule has 1 heterocycles. The van der Waals surface area contributed by atoms with Gasteiger partial charge in [0, 0.05) is 18.9 Å². The summed E-state index contributed by atoms with van der Waals surface area (Å²) in [6, 6.07) is 14.4. The maximum Gasteiger partial charge on any atom is 0.216 e. The predicted octanol–water partition coefficient (Wildman–Crippen LogP) is 3.86. The van der Waals surface area contributed by atoms with Crippen molar-refractivity contribution in [1.82, 2.24) is 14.5 Å². The van der Waals surface area contributed by atoms with Gasteiger partial charge in [-0.2, -0.15) is 5.10 Å². The number of rotatable bonds is 7. The first-order chi connectivity index (χ1) is 12.4. The third kappa shape index (κ3) is 5.32. The van der Waals surface area contributed by atoms with Crippen LogP contribution in [0.4, 0.5) is 0 Å². The molecule has 0 fully saturated rings. The molecule has 0 aliphatic heterocycles. The standard InChI is InChI=1S/C18H17Cl2N3O2S/c19-17-7-6-16(10-18(17)20)13-26(24,25)22-11-14-2-4-15(5-3-14)12-23-9-1-8-21-23/h1-10,22H,11-13H2. The Labute approximate surface area is 162 Å². The lowest BCUT2D eigenvalue weighted by Crippen LogP contribution is -2.24. The SMILES string of the molecule is O=S(=O)(Cc1ccc(Cl)c(Cl)c1)NCc1ccc(Cn2cccn2)cc1. The van der Waals surface area contributed by atoms with E-state index in [1.165, 1.54) is 0 Å². The molecule has 0 aliphatic carbocycles. The number of halogens is 2. The summed E-state index contributed by atoms with van der Waals surface area (Å²) in [5.74, 6) is -0.152. The van der Waals surface area contributed by atoms with E-state index >= 15 is 0 Å². The van der Waals surface area contributed by atoms with Crippen molar-refractivity contribution >= 4 is 33.2 Å². The molecule has 8 heteroatoms. The van der Waals surface area contributed by atoms with Crippen molar-refractivity contribution in [3.05, 3.63) is 87.7 Å². The van der Waals surface area contributed by atoms with Crippen molar-refractivity contribution in [3.8, 4) is 0 Å².